The van der Waals surface area contributed by atoms with E-state index in [1.54, 1.807) is 0 Å². The highest BCUT2D eigenvalue weighted by atomic mass is 32.2. The molecule has 0 aromatic carbocycles. The molecule has 17 heavy (non-hydrogen) atoms. The molecule has 1 aromatic heterocycles. The third kappa shape index (κ3) is 3.71. The summed E-state index contributed by atoms with van der Waals surface area (Å²) in [7, 11) is 0. The molecule has 2 atom stereocenters. The van der Waals surface area contributed by atoms with Crippen molar-refractivity contribution in [3.63, 3.8) is 0 Å². The second kappa shape index (κ2) is 6.41. The first-order chi connectivity index (χ1) is 8.29. The maximum Gasteiger partial charge on any atom is 0.0995 e. The summed E-state index contributed by atoms with van der Waals surface area (Å²) < 4.78 is 0. The average Bonchev–Trinajstić information content (AvgIpc) is 2.32. The molecule has 0 radical (unpaired) electrons. The molecule has 1 heterocycles. The molecule has 1 aromatic rings. The number of rotatable bonds is 4. The van der Waals surface area contributed by atoms with E-state index >= 15 is 0 Å². The van der Waals surface area contributed by atoms with Crippen LogP contribution in [0.4, 0.5) is 0 Å². The lowest BCUT2D eigenvalue weighted by Crippen LogP contribution is -2.15. The van der Waals surface area contributed by atoms with Gasteiger partial charge in [0.25, 0.3) is 0 Å². The Morgan fingerprint density at radius 2 is 2.35 bits per heavy atom. The van der Waals surface area contributed by atoms with Crippen molar-refractivity contribution < 1.29 is 0 Å². The fraction of sp³-hybridized carbons (Fsp3) is 0.643. The molecule has 94 valence electrons. The molecule has 2 unspecified atom stereocenters. The van der Waals surface area contributed by atoms with Gasteiger partial charge in [0.05, 0.1) is 5.03 Å². The van der Waals surface area contributed by atoms with E-state index < -0.39 is 0 Å². The Kier molecular flexibility index (Phi) is 4.86. The van der Waals surface area contributed by atoms with Crippen molar-refractivity contribution in [2.45, 2.75) is 49.3 Å². The van der Waals surface area contributed by atoms with Crippen molar-refractivity contribution in [2.75, 3.05) is 6.54 Å². The highest BCUT2D eigenvalue weighted by molar-refractivity contribution is 7.99. The van der Waals surface area contributed by atoms with Gasteiger partial charge in [0.1, 0.15) is 0 Å². The third-order valence-corrected chi connectivity index (χ3v) is 4.78. The lowest BCUT2D eigenvalue weighted by Gasteiger charge is -2.26. The normalized spacial score (nSPS) is 24.8. The molecule has 3 heteroatoms. The number of thioether (sulfide) groups is 1. The molecule has 1 fully saturated rings. The number of nitrogens with zero attached hydrogens (tertiary/aromatic N) is 1. The van der Waals surface area contributed by atoms with Crippen molar-refractivity contribution in [3.8, 4) is 0 Å². The zero-order valence-corrected chi connectivity index (χ0v) is 11.4. The minimum absolute atomic E-state index is 0.709. The Hall–Kier alpha value is -0.540. The first kappa shape index (κ1) is 12.9. The van der Waals surface area contributed by atoms with Gasteiger partial charge in [0.15, 0.2) is 0 Å². The zero-order chi connectivity index (χ0) is 12.1. The average molecular weight is 250 g/mol. The number of nitrogens with two attached hydrogens (primary N) is 1. The van der Waals surface area contributed by atoms with Crippen LogP contribution in [0.1, 0.15) is 38.2 Å². The standard InChI is InChI=1S/C14H22N2S/c1-11-4-2-6-13(10-11)17-14-12(7-8-15)5-3-9-16-14/h3,5,9,11,13H,2,4,6-8,10,15H2,1H3. The summed E-state index contributed by atoms with van der Waals surface area (Å²) in [6.07, 6.45) is 8.29. The Bertz CT molecular complexity index is 354. The van der Waals surface area contributed by atoms with Crippen molar-refractivity contribution in [3.05, 3.63) is 23.9 Å². The van der Waals surface area contributed by atoms with Gasteiger partial charge in [-0.3, -0.25) is 0 Å². The molecular weight excluding hydrogens is 228 g/mol. The molecule has 0 aliphatic heterocycles. The highest BCUT2D eigenvalue weighted by Crippen LogP contribution is 2.36. The summed E-state index contributed by atoms with van der Waals surface area (Å²) in [4.78, 5) is 4.52. The van der Waals surface area contributed by atoms with Crippen molar-refractivity contribution in [2.24, 2.45) is 11.7 Å². The fourth-order valence-corrected chi connectivity index (χ4v) is 3.99. The van der Waals surface area contributed by atoms with E-state index in [0.29, 0.717) is 6.54 Å². The lowest BCUT2D eigenvalue weighted by molar-refractivity contribution is 0.394. The van der Waals surface area contributed by atoms with E-state index in [1.165, 1.54) is 36.3 Å². The van der Waals surface area contributed by atoms with Gasteiger partial charge in [0.2, 0.25) is 0 Å². The number of pyridine rings is 1. The molecule has 1 saturated carbocycles. The van der Waals surface area contributed by atoms with E-state index in [4.69, 9.17) is 5.73 Å². The maximum absolute atomic E-state index is 5.65. The van der Waals surface area contributed by atoms with Crippen LogP contribution in [0, 0.1) is 5.92 Å². The van der Waals surface area contributed by atoms with Crippen LogP contribution in [0.5, 0.6) is 0 Å². The molecule has 2 rings (SSSR count). The first-order valence-corrected chi connectivity index (χ1v) is 7.48. The topological polar surface area (TPSA) is 38.9 Å². The highest BCUT2D eigenvalue weighted by Gasteiger charge is 2.20. The molecular formula is C14H22N2S. The predicted octanol–water partition coefficient (Wildman–Crippen LogP) is 3.25. The number of hydrogen-bond donors (Lipinski definition) is 1. The zero-order valence-electron chi connectivity index (χ0n) is 10.6. The lowest BCUT2D eigenvalue weighted by atomic mass is 9.91. The Balaban J connectivity index is 2.01. The van der Waals surface area contributed by atoms with Crippen LogP contribution in [0.15, 0.2) is 23.4 Å². The van der Waals surface area contributed by atoms with Crippen LogP contribution < -0.4 is 5.73 Å². The van der Waals surface area contributed by atoms with Crippen LogP contribution in [-0.2, 0) is 6.42 Å². The Morgan fingerprint density at radius 1 is 1.47 bits per heavy atom. The second-order valence-corrected chi connectivity index (χ2v) is 6.31. The van der Waals surface area contributed by atoms with E-state index in [0.717, 1.165) is 17.6 Å². The quantitative estimate of drug-likeness (QED) is 0.891. The van der Waals surface area contributed by atoms with Crippen LogP contribution in [0.2, 0.25) is 0 Å². The molecule has 1 aliphatic carbocycles. The van der Waals surface area contributed by atoms with Gasteiger partial charge in [-0.15, -0.1) is 11.8 Å². The van der Waals surface area contributed by atoms with E-state index in [1.807, 2.05) is 24.0 Å². The minimum Gasteiger partial charge on any atom is -0.330 e. The first-order valence-electron chi connectivity index (χ1n) is 6.60. The van der Waals surface area contributed by atoms with E-state index in [2.05, 4.69) is 18.0 Å². The fourth-order valence-electron chi connectivity index (χ4n) is 2.52. The summed E-state index contributed by atoms with van der Waals surface area (Å²) in [6.45, 7) is 3.08. The molecule has 2 N–H and O–H groups in total. The Labute approximate surface area is 108 Å². The monoisotopic (exact) mass is 250 g/mol. The largest absolute Gasteiger partial charge is 0.330 e. The molecule has 0 spiro atoms. The maximum atomic E-state index is 5.65. The SMILES string of the molecule is CC1CCCC(Sc2ncccc2CCN)C1. The van der Waals surface area contributed by atoms with Gasteiger partial charge >= 0.3 is 0 Å². The minimum atomic E-state index is 0.709. The summed E-state index contributed by atoms with van der Waals surface area (Å²) in [5, 5.41) is 1.96. The predicted molar refractivity (Wildman–Crippen MR) is 74.3 cm³/mol. The number of hydrogen-bond acceptors (Lipinski definition) is 3. The molecule has 0 amide bonds. The van der Waals surface area contributed by atoms with Crippen LogP contribution in [-0.4, -0.2) is 16.8 Å². The van der Waals surface area contributed by atoms with Crippen molar-refractivity contribution in [1.82, 2.24) is 4.98 Å². The van der Waals surface area contributed by atoms with Crippen LogP contribution in [0.25, 0.3) is 0 Å². The van der Waals surface area contributed by atoms with Gasteiger partial charge in [-0.05, 0) is 43.4 Å². The second-order valence-electron chi connectivity index (χ2n) is 5.02. The van der Waals surface area contributed by atoms with Gasteiger partial charge in [0, 0.05) is 11.4 Å². The van der Waals surface area contributed by atoms with Crippen LogP contribution >= 0.6 is 11.8 Å². The summed E-state index contributed by atoms with van der Waals surface area (Å²) in [5.41, 5.74) is 6.97. The third-order valence-electron chi connectivity index (χ3n) is 3.43. The Morgan fingerprint density at radius 3 is 3.12 bits per heavy atom. The van der Waals surface area contributed by atoms with E-state index in [-0.39, 0.29) is 0 Å². The van der Waals surface area contributed by atoms with Gasteiger partial charge in [-0.2, -0.15) is 0 Å². The van der Waals surface area contributed by atoms with Gasteiger partial charge in [-0.25, -0.2) is 4.98 Å². The van der Waals surface area contributed by atoms with Crippen molar-refractivity contribution in [1.29, 1.82) is 0 Å². The van der Waals surface area contributed by atoms with Crippen LogP contribution in [0.3, 0.4) is 0 Å². The summed E-state index contributed by atoms with van der Waals surface area (Å²) in [5.74, 6) is 0.878. The molecule has 2 nitrogen and oxygen atoms in total. The summed E-state index contributed by atoms with van der Waals surface area (Å²) >= 11 is 1.97. The molecule has 0 bridgehead atoms. The van der Waals surface area contributed by atoms with Gasteiger partial charge in [-0.1, -0.05) is 25.8 Å². The summed E-state index contributed by atoms with van der Waals surface area (Å²) in [6, 6.07) is 4.17. The van der Waals surface area contributed by atoms with Crippen molar-refractivity contribution >= 4 is 11.8 Å². The smallest absolute Gasteiger partial charge is 0.0995 e. The van der Waals surface area contributed by atoms with Gasteiger partial charge < -0.3 is 5.73 Å². The molecule has 0 saturated heterocycles. The van der Waals surface area contributed by atoms with E-state index in [9.17, 15) is 0 Å². The number of aromatic nitrogens is 1. The molecule has 1 aliphatic rings.